The van der Waals surface area contributed by atoms with Gasteiger partial charge in [-0.1, -0.05) is 53.7 Å². The second-order valence-electron chi connectivity index (χ2n) is 5.22. The van der Waals surface area contributed by atoms with Gasteiger partial charge in [-0.3, -0.25) is 5.32 Å². The molecule has 104 valence electrons. The summed E-state index contributed by atoms with van der Waals surface area (Å²) in [6.07, 6.45) is 0.993. The molecule has 0 aliphatic heterocycles. The van der Waals surface area contributed by atoms with Crippen LogP contribution in [0.25, 0.3) is 0 Å². The molecule has 3 aromatic rings. The molecule has 0 fully saturated rings. The van der Waals surface area contributed by atoms with Crippen molar-refractivity contribution in [3.05, 3.63) is 76.6 Å². The zero-order valence-electron chi connectivity index (χ0n) is 11.5. The van der Waals surface area contributed by atoms with Gasteiger partial charge >= 0.3 is 0 Å². The van der Waals surface area contributed by atoms with E-state index in [9.17, 15) is 0 Å². The van der Waals surface area contributed by atoms with E-state index in [0.29, 0.717) is 12.4 Å². The highest BCUT2D eigenvalue weighted by atomic mass is 15.5. The number of fused-ring (bicyclic) bond motifs is 2. The summed E-state index contributed by atoms with van der Waals surface area (Å²) in [7, 11) is 0. The molecule has 5 heteroatoms. The molecule has 5 nitrogen and oxygen atoms in total. The standard InChI is InChI=1S/C16H15N5/c1-3-7-13-11(5-1)9-12-6-2-4-8-14(12)16(13)17-10-15-18-20-21-19-15/h1-8,16-17H,9-10H2,(H,18,19,20,21). The summed E-state index contributed by atoms with van der Waals surface area (Å²) in [6.45, 7) is 0.587. The van der Waals surface area contributed by atoms with Crippen molar-refractivity contribution >= 4 is 0 Å². The number of hydrogen-bond donors (Lipinski definition) is 2. The molecule has 0 atom stereocenters. The topological polar surface area (TPSA) is 66.5 Å². The van der Waals surface area contributed by atoms with Crippen LogP contribution in [0.1, 0.15) is 34.1 Å². The highest BCUT2D eigenvalue weighted by Gasteiger charge is 2.24. The predicted octanol–water partition coefficient (Wildman–Crippen LogP) is 1.98. The Bertz CT molecular complexity index is 705. The Balaban J connectivity index is 1.71. The van der Waals surface area contributed by atoms with Crippen LogP contribution in [0.15, 0.2) is 48.5 Å². The van der Waals surface area contributed by atoms with Gasteiger partial charge in [0.15, 0.2) is 5.82 Å². The fourth-order valence-electron chi connectivity index (χ4n) is 3.00. The van der Waals surface area contributed by atoms with Gasteiger partial charge in [0.05, 0.1) is 12.6 Å². The number of H-pyrrole nitrogens is 1. The molecule has 2 aromatic carbocycles. The lowest BCUT2D eigenvalue weighted by Gasteiger charge is -2.29. The third kappa shape index (κ3) is 2.21. The molecular weight excluding hydrogens is 262 g/mol. The predicted molar refractivity (Wildman–Crippen MR) is 78.6 cm³/mol. The summed E-state index contributed by atoms with van der Waals surface area (Å²) in [5.74, 6) is 0.676. The molecular formula is C16H15N5. The van der Waals surface area contributed by atoms with Crippen molar-refractivity contribution in [3.63, 3.8) is 0 Å². The van der Waals surface area contributed by atoms with Gasteiger partial charge < -0.3 is 0 Å². The van der Waals surface area contributed by atoms with Crippen LogP contribution in [0.5, 0.6) is 0 Å². The Morgan fingerprint density at radius 1 is 1.00 bits per heavy atom. The van der Waals surface area contributed by atoms with Crippen LogP contribution in [0.4, 0.5) is 0 Å². The molecule has 0 saturated carbocycles. The Morgan fingerprint density at radius 2 is 1.67 bits per heavy atom. The lowest BCUT2D eigenvalue weighted by atomic mass is 9.82. The first-order valence-corrected chi connectivity index (χ1v) is 7.03. The molecule has 21 heavy (non-hydrogen) atoms. The number of nitrogens with zero attached hydrogens (tertiary/aromatic N) is 3. The molecule has 1 aliphatic carbocycles. The molecule has 0 spiro atoms. The number of hydrogen-bond acceptors (Lipinski definition) is 4. The van der Waals surface area contributed by atoms with E-state index >= 15 is 0 Å². The molecule has 0 unspecified atom stereocenters. The fraction of sp³-hybridized carbons (Fsp3) is 0.188. The number of aromatic amines is 1. The minimum absolute atomic E-state index is 0.171. The maximum Gasteiger partial charge on any atom is 0.188 e. The van der Waals surface area contributed by atoms with Crippen molar-refractivity contribution in [2.24, 2.45) is 0 Å². The van der Waals surface area contributed by atoms with Gasteiger partial charge in [0.2, 0.25) is 0 Å². The minimum atomic E-state index is 0.171. The van der Waals surface area contributed by atoms with E-state index in [1.807, 2.05) is 0 Å². The van der Waals surface area contributed by atoms with Gasteiger partial charge in [-0.05, 0) is 28.7 Å². The molecule has 0 amide bonds. The number of rotatable bonds is 3. The smallest absolute Gasteiger partial charge is 0.188 e. The number of benzene rings is 2. The number of tetrazole rings is 1. The van der Waals surface area contributed by atoms with Gasteiger partial charge in [0, 0.05) is 0 Å². The normalized spacial score (nSPS) is 13.7. The third-order valence-corrected chi connectivity index (χ3v) is 3.97. The summed E-state index contributed by atoms with van der Waals surface area (Å²) >= 11 is 0. The van der Waals surface area contributed by atoms with E-state index < -0.39 is 0 Å². The summed E-state index contributed by atoms with van der Waals surface area (Å²) in [5.41, 5.74) is 5.42. The summed E-state index contributed by atoms with van der Waals surface area (Å²) in [6, 6.07) is 17.4. The van der Waals surface area contributed by atoms with Crippen molar-refractivity contribution in [2.45, 2.75) is 19.0 Å². The SMILES string of the molecule is c1ccc2c(c1)Cc1ccccc1C2NCc1nn[nH]n1. The summed E-state index contributed by atoms with van der Waals surface area (Å²) in [5, 5.41) is 17.6. The van der Waals surface area contributed by atoms with E-state index in [0.717, 1.165) is 6.42 Å². The maximum atomic E-state index is 4.00. The van der Waals surface area contributed by atoms with E-state index in [2.05, 4.69) is 74.5 Å². The van der Waals surface area contributed by atoms with Crippen molar-refractivity contribution in [2.75, 3.05) is 0 Å². The summed E-state index contributed by atoms with van der Waals surface area (Å²) in [4.78, 5) is 0. The average molecular weight is 277 g/mol. The Labute approximate surface area is 122 Å². The van der Waals surface area contributed by atoms with Crippen molar-refractivity contribution in [3.8, 4) is 0 Å². The van der Waals surface area contributed by atoms with Gasteiger partial charge in [0.25, 0.3) is 0 Å². The van der Waals surface area contributed by atoms with Crippen LogP contribution in [0.3, 0.4) is 0 Å². The van der Waals surface area contributed by atoms with Crippen LogP contribution >= 0.6 is 0 Å². The van der Waals surface area contributed by atoms with E-state index in [-0.39, 0.29) is 6.04 Å². The zero-order chi connectivity index (χ0) is 14.1. The average Bonchev–Trinajstić information content (AvgIpc) is 3.05. The zero-order valence-corrected chi connectivity index (χ0v) is 11.5. The maximum absolute atomic E-state index is 4.00. The first-order chi connectivity index (χ1) is 10.4. The molecule has 1 aliphatic rings. The van der Waals surface area contributed by atoms with Gasteiger partial charge in [-0.15, -0.1) is 10.2 Å². The molecule has 1 heterocycles. The Morgan fingerprint density at radius 3 is 2.29 bits per heavy atom. The largest absolute Gasteiger partial charge is 0.299 e. The fourth-order valence-corrected chi connectivity index (χ4v) is 3.00. The molecule has 4 rings (SSSR count). The van der Waals surface area contributed by atoms with Crippen molar-refractivity contribution in [1.82, 2.24) is 25.9 Å². The summed E-state index contributed by atoms with van der Waals surface area (Å²) < 4.78 is 0. The Kier molecular flexibility index (Phi) is 2.97. The quantitative estimate of drug-likeness (QED) is 0.768. The second kappa shape index (κ2) is 5.10. The highest BCUT2D eigenvalue weighted by Crippen LogP contribution is 2.34. The van der Waals surface area contributed by atoms with E-state index in [1.54, 1.807) is 0 Å². The third-order valence-electron chi connectivity index (χ3n) is 3.97. The lowest BCUT2D eigenvalue weighted by molar-refractivity contribution is 0.572. The molecule has 0 radical (unpaired) electrons. The van der Waals surface area contributed by atoms with Crippen LogP contribution < -0.4 is 5.32 Å². The Hall–Kier alpha value is -2.53. The highest BCUT2D eigenvalue weighted by molar-refractivity contribution is 5.48. The first-order valence-electron chi connectivity index (χ1n) is 7.03. The molecule has 2 N–H and O–H groups in total. The van der Waals surface area contributed by atoms with E-state index in [4.69, 9.17) is 0 Å². The van der Waals surface area contributed by atoms with Crippen LogP contribution in [0.2, 0.25) is 0 Å². The molecule has 1 aromatic heterocycles. The lowest BCUT2D eigenvalue weighted by Crippen LogP contribution is -2.27. The molecule has 0 bridgehead atoms. The van der Waals surface area contributed by atoms with Gasteiger partial charge in [0.1, 0.15) is 0 Å². The number of nitrogens with one attached hydrogen (secondary N) is 2. The van der Waals surface area contributed by atoms with Crippen LogP contribution in [0, 0.1) is 0 Å². The van der Waals surface area contributed by atoms with Gasteiger partial charge in [-0.25, -0.2) is 0 Å². The van der Waals surface area contributed by atoms with Crippen LogP contribution in [-0.2, 0) is 13.0 Å². The van der Waals surface area contributed by atoms with Crippen molar-refractivity contribution < 1.29 is 0 Å². The van der Waals surface area contributed by atoms with Crippen molar-refractivity contribution in [1.29, 1.82) is 0 Å². The van der Waals surface area contributed by atoms with Crippen LogP contribution in [-0.4, -0.2) is 20.6 Å². The molecule has 0 saturated heterocycles. The number of aromatic nitrogens is 4. The second-order valence-corrected chi connectivity index (χ2v) is 5.22. The van der Waals surface area contributed by atoms with E-state index in [1.165, 1.54) is 22.3 Å². The first kappa shape index (κ1) is 12.2. The monoisotopic (exact) mass is 277 g/mol. The van der Waals surface area contributed by atoms with Gasteiger partial charge in [-0.2, -0.15) is 5.21 Å². The minimum Gasteiger partial charge on any atom is -0.299 e.